The second-order valence-electron chi connectivity index (χ2n) is 13.4. The number of pyridine rings is 1. The van der Waals surface area contributed by atoms with Crippen LogP contribution in [0.15, 0.2) is 83.7 Å². The molecule has 0 unspecified atom stereocenters. The van der Waals surface area contributed by atoms with Crippen LogP contribution in [0.25, 0.3) is 10.9 Å². The molecule has 8 rings (SSSR count). The Balaban J connectivity index is 0.934. The lowest BCUT2D eigenvalue weighted by atomic mass is 9.50. The highest BCUT2D eigenvalue weighted by Gasteiger charge is 2.51. The number of H-pyrrole nitrogens is 1. The molecule has 3 N–H and O–H groups in total. The Morgan fingerprint density at radius 1 is 0.860 bits per heavy atom. The summed E-state index contributed by atoms with van der Waals surface area (Å²) in [7, 11) is 0. The Hall–Kier alpha value is -3.61. The molecule has 4 fully saturated rings. The summed E-state index contributed by atoms with van der Waals surface area (Å²) in [6.45, 7) is 2.40. The summed E-state index contributed by atoms with van der Waals surface area (Å²) in [5.74, 6) is 4.38. The van der Waals surface area contributed by atoms with Crippen LogP contribution < -0.4 is 20.3 Å². The maximum absolute atomic E-state index is 12.1. The minimum absolute atomic E-state index is 0.203. The molecule has 224 valence electrons. The topological polar surface area (TPSA) is 83.6 Å². The number of hydrogen-bond acceptors (Lipinski definition) is 5. The van der Waals surface area contributed by atoms with E-state index in [4.69, 9.17) is 9.47 Å². The third-order valence-electron chi connectivity index (χ3n) is 10.0. The first-order valence-electron chi connectivity index (χ1n) is 16.0. The Morgan fingerprint density at radius 2 is 1.60 bits per heavy atom. The van der Waals surface area contributed by atoms with Gasteiger partial charge in [0.15, 0.2) is 0 Å². The van der Waals surface area contributed by atoms with Crippen LogP contribution in [0.1, 0.15) is 61.3 Å². The summed E-state index contributed by atoms with van der Waals surface area (Å²) in [6.07, 6.45) is 8.58. The third-order valence-corrected chi connectivity index (χ3v) is 10.0. The van der Waals surface area contributed by atoms with Gasteiger partial charge in [-0.25, -0.2) is 0 Å². The molecule has 4 aromatic rings. The molecule has 4 saturated carbocycles. The Morgan fingerprint density at radius 3 is 2.37 bits per heavy atom. The lowest BCUT2D eigenvalue weighted by Crippen LogP contribution is -2.48. The monoisotopic (exact) mass is 578 g/mol. The number of hydrogen-bond donors (Lipinski definition) is 3. The Kier molecular flexibility index (Phi) is 7.98. The van der Waals surface area contributed by atoms with Crippen LogP contribution in [0.4, 0.5) is 0 Å². The zero-order valence-corrected chi connectivity index (χ0v) is 24.8. The second-order valence-corrected chi connectivity index (χ2v) is 13.4. The molecule has 0 saturated heterocycles. The summed E-state index contributed by atoms with van der Waals surface area (Å²) in [6, 6.07) is 25.4. The van der Waals surface area contributed by atoms with E-state index in [9.17, 15) is 9.90 Å². The van der Waals surface area contributed by atoms with E-state index in [1.807, 2.05) is 42.5 Å². The van der Waals surface area contributed by atoms with Crippen molar-refractivity contribution >= 4 is 10.9 Å². The van der Waals surface area contributed by atoms with Crippen LogP contribution in [0.5, 0.6) is 11.5 Å². The van der Waals surface area contributed by atoms with Gasteiger partial charge in [0.05, 0.1) is 18.2 Å². The predicted octanol–water partition coefficient (Wildman–Crippen LogP) is 6.57. The number of aliphatic hydroxyl groups excluding tert-OH is 1. The van der Waals surface area contributed by atoms with Crippen molar-refractivity contribution in [2.45, 2.75) is 57.7 Å². The first-order chi connectivity index (χ1) is 21.0. The van der Waals surface area contributed by atoms with Gasteiger partial charge in [-0.1, -0.05) is 48.5 Å². The fourth-order valence-corrected chi connectivity index (χ4v) is 8.47. The molecule has 43 heavy (non-hydrogen) atoms. The molecule has 6 heteroatoms. The maximum atomic E-state index is 12.1. The number of fused-ring (bicyclic) bond motifs is 1. The standard InChI is InChI=1S/C37H42N2O4/c40-33(31-9-11-34(36-32(31)10-12-35(41)39-36)42-23-26-5-2-1-3-6-26)22-38-14-13-25-7-4-8-30(18-25)43-24-37-19-27-15-28(20-37)17-29(16-27)21-37/h1-12,18,27-29,33,38,40H,13-17,19-24H2,(H,39,41)/t27?,28?,29?,33-,37?/m0/s1. The highest BCUT2D eigenvalue weighted by Crippen LogP contribution is 2.60. The Labute approximate surface area is 253 Å². The number of aromatic amines is 1. The number of aliphatic hydroxyl groups is 1. The zero-order valence-electron chi connectivity index (χ0n) is 24.8. The minimum Gasteiger partial charge on any atom is -0.493 e. The fourth-order valence-electron chi connectivity index (χ4n) is 8.47. The smallest absolute Gasteiger partial charge is 0.248 e. The van der Waals surface area contributed by atoms with Crippen LogP contribution in [0.3, 0.4) is 0 Å². The second kappa shape index (κ2) is 12.2. The van der Waals surface area contributed by atoms with Crippen molar-refractivity contribution in [3.63, 3.8) is 0 Å². The van der Waals surface area contributed by atoms with Crippen LogP contribution in [-0.4, -0.2) is 29.8 Å². The highest BCUT2D eigenvalue weighted by molar-refractivity contribution is 5.87. The lowest BCUT2D eigenvalue weighted by molar-refractivity contribution is -0.0745. The molecule has 0 spiro atoms. The predicted molar refractivity (Wildman–Crippen MR) is 169 cm³/mol. The molecule has 4 aliphatic rings. The van der Waals surface area contributed by atoms with Gasteiger partial charge in [-0.15, -0.1) is 0 Å². The normalized spacial score (nSPS) is 24.7. The van der Waals surface area contributed by atoms with Gasteiger partial charge in [-0.05, 0) is 110 Å². The van der Waals surface area contributed by atoms with Crippen molar-refractivity contribution in [1.82, 2.24) is 10.3 Å². The quantitative estimate of drug-likeness (QED) is 0.166. The van der Waals surface area contributed by atoms with E-state index in [1.54, 1.807) is 6.07 Å². The Bertz CT molecular complexity index is 1580. The van der Waals surface area contributed by atoms with E-state index in [1.165, 1.54) is 50.2 Å². The first-order valence-corrected chi connectivity index (χ1v) is 16.0. The van der Waals surface area contributed by atoms with Gasteiger partial charge < -0.3 is 24.9 Å². The molecule has 0 aliphatic heterocycles. The van der Waals surface area contributed by atoms with Gasteiger partial charge in [0, 0.05) is 23.4 Å². The van der Waals surface area contributed by atoms with Crippen LogP contribution in [0, 0.1) is 23.2 Å². The van der Waals surface area contributed by atoms with Gasteiger partial charge in [0.2, 0.25) is 5.56 Å². The molecule has 6 nitrogen and oxygen atoms in total. The van der Waals surface area contributed by atoms with Crippen molar-refractivity contribution in [3.8, 4) is 11.5 Å². The summed E-state index contributed by atoms with van der Waals surface area (Å²) >= 11 is 0. The third kappa shape index (κ3) is 6.36. The number of nitrogens with one attached hydrogen (secondary N) is 2. The van der Waals surface area contributed by atoms with E-state index in [-0.39, 0.29) is 5.56 Å². The van der Waals surface area contributed by atoms with Crippen molar-refractivity contribution < 1.29 is 14.6 Å². The van der Waals surface area contributed by atoms with Gasteiger partial charge in [-0.2, -0.15) is 0 Å². The molecule has 0 amide bonds. The number of ether oxygens (including phenoxy) is 2. The number of aromatic nitrogens is 1. The van der Waals surface area contributed by atoms with Crippen LogP contribution >= 0.6 is 0 Å². The summed E-state index contributed by atoms with van der Waals surface area (Å²) in [4.78, 5) is 15.1. The molecule has 1 aromatic heterocycles. The SMILES string of the molecule is O=c1ccc2c([C@@H](O)CNCCc3cccc(OCC45CC6CC(CC(C6)C4)C5)c3)ccc(OCc3ccccc3)c2[nH]1. The first kappa shape index (κ1) is 28.2. The van der Waals surface area contributed by atoms with Crippen LogP contribution in [0.2, 0.25) is 0 Å². The van der Waals surface area contributed by atoms with Crippen molar-refractivity contribution in [2.75, 3.05) is 19.7 Å². The van der Waals surface area contributed by atoms with E-state index >= 15 is 0 Å². The average Bonchev–Trinajstić information content (AvgIpc) is 3.01. The molecule has 4 aliphatic carbocycles. The van der Waals surface area contributed by atoms with Crippen LogP contribution in [-0.2, 0) is 13.0 Å². The number of rotatable bonds is 12. The summed E-state index contributed by atoms with van der Waals surface area (Å²) in [5.41, 5.74) is 3.84. The van der Waals surface area contributed by atoms with Gasteiger partial charge in [0.1, 0.15) is 18.1 Å². The molecule has 1 atom stereocenters. The fraction of sp³-hybridized carbons (Fsp3) is 0.432. The van der Waals surface area contributed by atoms with Crippen molar-refractivity contribution in [2.24, 2.45) is 23.2 Å². The van der Waals surface area contributed by atoms with E-state index in [0.717, 1.165) is 59.6 Å². The van der Waals surface area contributed by atoms with Gasteiger partial charge >= 0.3 is 0 Å². The lowest BCUT2D eigenvalue weighted by Gasteiger charge is -2.56. The van der Waals surface area contributed by atoms with Gasteiger partial charge in [-0.3, -0.25) is 4.79 Å². The zero-order chi connectivity index (χ0) is 29.2. The van der Waals surface area contributed by atoms with Crippen molar-refractivity contribution in [3.05, 3.63) is 106 Å². The van der Waals surface area contributed by atoms with Gasteiger partial charge in [0.25, 0.3) is 0 Å². The van der Waals surface area contributed by atoms with E-state index in [2.05, 4.69) is 34.6 Å². The molecule has 1 heterocycles. The van der Waals surface area contributed by atoms with Crippen molar-refractivity contribution in [1.29, 1.82) is 0 Å². The number of benzene rings is 3. The molecule has 0 radical (unpaired) electrons. The van der Waals surface area contributed by atoms with E-state index in [0.29, 0.717) is 29.8 Å². The highest BCUT2D eigenvalue weighted by atomic mass is 16.5. The summed E-state index contributed by atoms with van der Waals surface area (Å²) in [5, 5.41) is 15.3. The summed E-state index contributed by atoms with van der Waals surface area (Å²) < 4.78 is 12.5. The molecule has 4 bridgehead atoms. The molecular formula is C37H42N2O4. The maximum Gasteiger partial charge on any atom is 0.248 e. The largest absolute Gasteiger partial charge is 0.493 e. The molecule has 3 aromatic carbocycles. The molecular weight excluding hydrogens is 536 g/mol. The average molecular weight is 579 g/mol. The van der Waals surface area contributed by atoms with E-state index < -0.39 is 6.10 Å². The minimum atomic E-state index is -0.730.